The van der Waals surface area contributed by atoms with E-state index in [1.807, 2.05) is 60.7 Å². The monoisotopic (exact) mass is 672 g/mol. The predicted octanol–water partition coefficient (Wildman–Crippen LogP) is 8.22. The number of nitrogens with zero attached hydrogens (tertiary/aromatic N) is 2. The minimum absolute atomic E-state index is 0.129. The van der Waals surface area contributed by atoms with Crippen molar-refractivity contribution in [2.75, 3.05) is 39.5 Å². The van der Waals surface area contributed by atoms with Crippen LogP contribution in [-0.2, 0) is 0 Å². The number of halogens is 2. The first-order chi connectivity index (χ1) is 23.2. The largest absolute Gasteiger partial charge is 0.457 e. The van der Waals surface area contributed by atoms with Crippen LogP contribution in [0.25, 0.3) is 0 Å². The molecule has 2 fully saturated rings. The fourth-order valence-corrected chi connectivity index (χ4v) is 6.93. The second kappa shape index (κ2) is 17.0. The number of rotatable bonds is 8. The van der Waals surface area contributed by atoms with Crippen LogP contribution in [0.3, 0.4) is 0 Å². The Hall–Kier alpha value is -3.19. The first kappa shape index (κ1) is 36.1. The molecule has 0 aromatic heterocycles. The summed E-state index contributed by atoms with van der Waals surface area (Å²) in [5, 5.41) is 7.19. The van der Waals surface area contributed by atoms with Crippen molar-refractivity contribution in [1.82, 2.24) is 20.4 Å². The summed E-state index contributed by atoms with van der Waals surface area (Å²) in [7, 11) is 1.08. The molecule has 2 unspecified atom stereocenters. The Morgan fingerprint density at radius 1 is 0.604 bits per heavy atom. The summed E-state index contributed by atoms with van der Waals surface area (Å²) in [6, 6.07) is 31.0. The van der Waals surface area contributed by atoms with E-state index in [1.54, 1.807) is 24.3 Å². The minimum Gasteiger partial charge on any atom is -0.457 e. The van der Waals surface area contributed by atoms with Crippen LogP contribution in [0.1, 0.15) is 62.0 Å². The van der Waals surface area contributed by atoms with Gasteiger partial charge in [0.1, 0.15) is 23.1 Å². The molecule has 0 saturated carbocycles. The molecule has 2 heterocycles. The first-order valence-electron chi connectivity index (χ1n) is 17.1. The quantitative estimate of drug-likeness (QED) is 0.185. The van der Waals surface area contributed by atoms with Crippen LogP contribution >= 0.6 is 8.58 Å². The number of ether oxygens (including phenoxy) is 1. The van der Waals surface area contributed by atoms with Gasteiger partial charge in [0.2, 0.25) is 0 Å². The predicted molar refractivity (Wildman–Crippen MR) is 197 cm³/mol. The van der Waals surface area contributed by atoms with Crippen molar-refractivity contribution in [3.63, 3.8) is 0 Å². The topological polar surface area (TPSA) is 39.8 Å². The lowest BCUT2D eigenvalue weighted by molar-refractivity contribution is 0.110. The maximum atomic E-state index is 14.1. The van der Waals surface area contributed by atoms with Gasteiger partial charge in [0.25, 0.3) is 0 Å². The smallest absolute Gasteiger partial charge is 0.132 e. The van der Waals surface area contributed by atoms with E-state index in [1.165, 1.54) is 0 Å². The average Bonchev–Trinajstić information content (AvgIpc) is 3.08. The molecule has 0 radical (unpaired) electrons. The number of piperazine rings is 2. The third kappa shape index (κ3) is 8.69. The number of para-hydroxylation sites is 2. The molecule has 8 heteroatoms. The number of hydrogen-bond acceptors (Lipinski definition) is 5. The summed E-state index contributed by atoms with van der Waals surface area (Å²) in [6.07, 6.45) is 0. The Morgan fingerprint density at radius 3 is 1.33 bits per heavy atom. The summed E-state index contributed by atoms with van der Waals surface area (Å²) in [5.74, 6) is 1.02. The fraction of sp³-hybridized carbons (Fsp3) is 0.400. The highest BCUT2D eigenvalue weighted by Gasteiger charge is 2.35. The van der Waals surface area contributed by atoms with E-state index in [2.05, 4.69) is 73.6 Å². The zero-order valence-electron chi connectivity index (χ0n) is 29.1. The lowest BCUT2D eigenvalue weighted by Crippen LogP contribution is -2.55. The van der Waals surface area contributed by atoms with Gasteiger partial charge in [-0.05, 0) is 88.5 Å². The zero-order chi connectivity index (χ0) is 34.2. The third-order valence-electron chi connectivity index (χ3n) is 9.31. The van der Waals surface area contributed by atoms with Gasteiger partial charge < -0.3 is 15.4 Å². The lowest BCUT2D eigenvalue weighted by atomic mass is 9.92. The van der Waals surface area contributed by atoms with Crippen LogP contribution in [0.5, 0.6) is 11.5 Å². The van der Waals surface area contributed by atoms with E-state index in [-0.39, 0.29) is 35.8 Å². The molecular weight excluding hydrogens is 621 g/mol. The summed E-state index contributed by atoms with van der Waals surface area (Å²) in [5.41, 5.74) is 4.11. The SMILES string of the molecule is CPC.C[C@@H]1CN[C@@H](C)CN1C(c1ccc(F)cc1)c1ccccc1Oc1ccccc1C(c1ccc(F)cc1)N1C[C@H](C)NC[C@H]1C. The van der Waals surface area contributed by atoms with Gasteiger partial charge in [0.15, 0.2) is 0 Å². The molecule has 2 saturated heterocycles. The van der Waals surface area contributed by atoms with Gasteiger partial charge >= 0.3 is 0 Å². The Labute approximate surface area is 287 Å². The van der Waals surface area contributed by atoms with Crippen molar-refractivity contribution < 1.29 is 13.5 Å². The number of hydrogen-bond donors (Lipinski definition) is 2. The summed E-state index contributed by atoms with van der Waals surface area (Å²) in [6.45, 7) is 16.6. The standard InChI is InChI=1S/C38H44F2N4O.C2H7P/c1-25-23-43(27(3)21-41-25)37(29-13-17-31(39)18-14-29)33-9-5-7-11-35(33)45-36-12-8-6-10-34(36)38(30-15-19-32(40)20-16-30)44-24-26(2)42-22-28(44)4;1-3-2/h5-20,25-28,37-38,41-42H,21-24H2,1-4H3;3H,1-2H3/t25-,26-,27+,28+,37?,38?;/m0./s1. The third-order valence-corrected chi connectivity index (χ3v) is 9.31. The minimum atomic E-state index is -0.249. The van der Waals surface area contributed by atoms with Crippen molar-refractivity contribution in [3.05, 3.63) is 131 Å². The molecule has 0 spiro atoms. The molecule has 4 aromatic rings. The van der Waals surface area contributed by atoms with E-state index in [0.717, 1.165) is 68.5 Å². The van der Waals surface area contributed by atoms with Crippen molar-refractivity contribution in [3.8, 4) is 11.5 Å². The molecule has 4 aromatic carbocycles. The molecule has 6 rings (SSSR count). The molecule has 256 valence electrons. The fourth-order valence-electron chi connectivity index (χ4n) is 6.93. The Morgan fingerprint density at radius 2 is 0.958 bits per heavy atom. The maximum absolute atomic E-state index is 14.1. The zero-order valence-corrected chi connectivity index (χ0v) is 30.1. The van der Waals surface area contributed by atoms with E-state index >= 15 is 0 Å². The Balaban J connectivity index is 0.00000145. The van der Waals surface area contributed by atoms with E-state index < -0.39 is 0 Å². The van der Waals surface area contributed by atoms with Gasteiger partial charge in [-0.25, -0.2) is 8.78 Å². The van der Waals surface area contributed by atoms with Gasteiger partial charge in [0, 0.05) is 61.5 Å². The highest BCUT2D eigenvalue weighted by atomic mass is 31.1. The summed E-state index contributed by atoms with van der Waals surface area (Å²) < 4.78 is 35.2. The molecule has 48 heavy (non-hydrogen) atoms. The van der Waals surface area contributed by atoms with Gasteiger partial charge in [-0.3, -0.25) is 9.80 Å². The van der Waals surface area contributed by atoms with Crippen molar-refractivity contribution >= 4 is 8.58 Å². The van der Waals surface area contributed by atoms with Crippen LogP contribution in [-0.4, -0.2) is 73.5 Å². The maximum Gasteiger partial charge on any atom is 0.132 e. The highest BCUT2D eigenvalue weighted by Crippen LogP contribution is 2.42. The van der Waals surface area contributed by atoms with Crippen LogP contribution in [0.2, 0.25) is 0 Å². The first-order valence-corrected chi connectivity index (χ1v) is 19.1. The summed E-state index contributed by atoms with van der Waals surface area (Å²) in [4.78, 5) is 4.99. The molecule has 0 bridgehead atoms. The lowest BCUT2D eigenvalue weighted by Gasteiger charge is -2.44. The second-order valence-electron chi connectivity index (χ2n) is 13.3. The molecule has 0 amide bonds. The molecule has 5 nitrogen and oxygen atoms in total. The molecule has 6 atom stereocenters. The average molecular weight is 673 g/mol. The Bertz CT molecular complexity index is 1470. The van der Waals surface area contributed by atoms with Gasteiger partial charge in [0.05, 0.1) is 12.1 Å². The van der Waals surface area contributed by atoms with Crippen molar-refractivity contribution in [1.29, 1.82) is 0 Å². The number of nitrogens with one attached hydrogen (secondary N) is 2. The van der Waals surface area contributed by atoms with Crippen LogP contribution < -0.4 is 15.4 Å². The molecule has 2 aliphatic rings. The van der Waals surface area contributed by atoms with Gasteiger partial charge in [-0.15, -0.1) is 8.58 Å². The van der Waals surface area contributed by atoms with Crippen molar-refractivity contribution in [2.24, 2.45) is 0 Å². The van der Waals surface area contributed by atoms with E-state index in [4.69, 9.17) is 4.74 Å². The highest BCUT2D eigenvalue weighted by molar-refractivity contribution is 7.35. The molecule has 2 aliphatic heterocycles. The molecule has 2 N–H and O–H groups in total. The second-order valence-corrected chi connectivity index (χ2v) is 14.3. The van der Waals surface area contributed by atoms with Gasteiger partial charge in [-0.1, -0.05) is 60.7 Å². The number of benzene rings is 4. The normalized spacial score (nSPS) is 23.1. The van der Waals surface area contributed by atoms with Gasteiger partial charge in [-0.2, -0.15) is 0 Å². The van der Waals surface area contributed by atoms with Crippen molar-refractivity contribution in [2.45, 2.75) is 63.9 Å². The summed E-state index contributed by atoms with van der Waals surface area (Å²) >= 11 is 0. The molecular formula is C40H51F2N4OP. The van der Waals surface area contributed by atoms with Crippen LogP contribution in [0.4, 0.5) is 8.78 Å². The van der Waals surface area contributed by atoms with E-state index in [9.17, 15) is 8.78 Å². The Kier molecular flexibility index (Phi) is 12.8. The van der Waals surface area contributed by atoms with Crippen LogP contribution in [0, 0.1) is 11.6 Å². The van der Waals surface area contributed by atoms with Crippen LogP contribution in [0.15, 0.2) is 97.1 Å². The van der Waals surface area contributed by atoms with E-state index in [0.29, 0.717) is 12.1 Å². The molecule has 0 aliphatic carbocycles.